The lowest BCUT2D eigenvalue weighted by Gasteiger charge is -2.13. The van der Waals surface area contributed by atoms with Crippen molar-refractivity contribution in [3.05, 3.63) is 88.5 Å². The summed E-state index contributed by atoms with van der Waals surface area (Å²) >= 11 is 0. The van der Waals surface area contributed by atoms with Crippen molar-refractivity contribution < 1.29 is 4.79 Å². The van der Waals surface area contributed by atoms with Gasteiger partial charge in [-0.25, -0.2) is 0 Å². The van der Waals surface area contributed by atoms with Gasteiger partial charge in [0, 0.05) is 24.5 Å². The summed E-state index contributed by atoms with van der Waals surface area (Å²) in [7, 11) is 0. The highest BCUT2D eigenvalue weighted by Crippen LogP contribution is 2.16. The van der Waals surface area contributed by atoms with Crippen LogP contribution in [0.1, 0.15) is 11.1 Å². The largest absolute Gasteiger partial charge is 0.350 e. The van der Waals surface area contributed by atoms with Crippen LogP contribution in [0.25, 0.3) is 11.3 Å². The SMILES string of the molecule is N#Cc1ccc(-c2cccnc2)n(CC(=O)NCc2ccccc2)c1=O. The second-order valence-electron chi connectivity index (χ2n) is 5.64. The molecular weight excluding hydrogens is 328 g/mol. The Hall–Kier alpha value is -3.72. The van der Waals surface area contributed by atoms with Crippen molar-refractivity contribution in [2.75, 3.05) is 0 Å². The number of pyridine rings is 2. The number of carbonyl (C=O) groups excluding carboxylic acids is 1. The molecule has 0 spiro atoms. The van der Waals surface area contributed by atoms with Crippen LogP contribution < -0.4 is 10.9 Å². The first-order valence-corrected chi connectivity index (χ1v) is 8.04. The Morgan fingerprint density at radius 1 is 1.12 bits per heavy atom. The molecule has 3 rings (SSSR count). The topological polar surface area (TPSA) is 87.8 Å². The highest BCUT2D eigenvalue weighted by Gasteiger charge is 2.13. The summed E-state index contributed by atoms with van der Waals surface area (Å²) in [5.74, 6) is -0.309. The second kappa shape index (κ2) is 7.90. The fourth-order valence-electron chi connectivity index (χ4n) is 2.58. The normalized spacial score (nSPS) is 10.1. The molecule has 128 valence electrons. The number of benzene rings is 1. The summed E-state index contributed by atoms with van der Waals surface area (Å²) < 4.78 is 1.30. The molecule has 0 aliphatic rings. The van der Waals surface area contributed by atoms with E-state index in [1.807, 2.05) is 36.4 Å². The summed E-state index contributed by atoms with van der Waals surface area (Å²) in [6.45, 7) is 0.194. The van der Waals surface area contributed by atoms with Crippen LogP contribution in [0.5, 0.6) is 0 Å². The number of amides is 1. The van der Waals surface area contributed by atoms with Gasteiger partial charge in [0.05, 0.1) is 5.69 Å². The lowest BCUT2D eigenvalue weighted by molar-refractivity contribution is -0.121. The number of hydrogen-bond donors (Lipinski definition) is 1. The Bertz CT molecular complexity index is 1010. The highest BCUT2D eigenvalue weighted by atomic mass is 16.2. The molecule has 1 amide bonds. The molecule has 6 nitrogen and oxygen atoms in total. The molecule has 0 aliphatic heterocycles. The molecule has 2 heterocycles. The van der Waals surface area contributed by atoms with Crippen LogP contribution in [0.4, 0.5) is 0 Å². The minimum Gasteiger partial charge on any atom is -0.350 e. The van der Waals surface area contributed by atoms with Gasteiger partial charge in [0.1, 0.15) is 18.2 Å². The number of nitriles is 1. The van der Waals surface area contributed by atoms with E-state index in [0.29, 0.717) is 17.8 Å². The average Bonchev–Trinajstić information content (AvgIpc) is 2.69. The third-order valence-electron chi connectivity index (χ3n) is 3.89. The highest BCUT2D eigenvalue weighted by molar-refractivity contribution is 5.76. The number of nitrogens with zero attached hydrogens (tertiary/aromatic N) is 3. The fourth-order valence-corrected chi connectivity index (χ4v) is 2.58. The molecule has 1 aromatic carbocycles. The second-order valence-corrected chi connectivity index (χ2v) is 5.64. The van der Waals surface area contributed by atoms with Gasteiger partial charge in [-0.2, -0.15) is 5.26 Å². The van der Waals surface area contributed by atoms with Crippen molar-refractivity contribution in [3.63, 3.8) is 0 Å². The first-order valence-electron chi connectivity index (χ1n) is 8.04. The number of carbonyl (C=O) groups is 1. The summed E-state index contributed by atoms with van der Waals surface area (Å²) in [6.07, 6.45) is 3.24. The van der Waals surface area contributed by atoms with Gasteiger partial charge in [0.25, 0.3) is 5.56 Å². The smallest absolute Gasteiger partial charge is 0.269 e. The van der Waals surface area contributed by atoms with E-state index in [4.69, 9.17) is 5.26 Å². The zero-order valence-electron chi connectivity index (χ0n) is 13.9. The van der Waals surface area contributed by atoms with Crippen LogP contribution in [-0.4, -0.2) is 15.5 Å². The van der Waals surface area contributed by atoms with Crippen molar-refractivity contribution in [1.82, 2.24) is 14.9 Å². The van der Waals surface area contributed by atoms with Gasteiger partial charge in [-0.1, -0.05) is 30.3 Å². The maximum atomic E-state index is 12.5. The van der Waals surface area contributed by atoms with E-state index in [9.17, 15) is 9.59 Å². The number of hydrogen-bond acceptors (Lipinski definition) is 4. The average molecular weight is 344 g/mol. The molecule has 0 radical (unpaired) electrons. The molecule has 0 aliphatic carbocycles. The van der Waals surface area contributed by atoms with E-state index in [1.54, 1.807) is 30.6 Å². The van der Waals surface area contributed by atoms with Gasteiger partial charge >= 0.3 is 0 Å². The zero-order chi connectivity index (χ0) is 18.4. The van der Waals surface area contributed by atoms with Crippen LogP contribution in [0.2, 0.25) is 0 Å². The van der Waals surface area contributed by atoms with E-state index < -0.39 is 5.56 Å². The van der Waals surface area contributed by atoms with Gasteiger partial charge in [0.15, 0.2) is 0 Å². The monoisotopic (exact) mass is 344 g/mol. The Morgan fingerprint density at radius 2 is 1.92 bits per heavy atom. The fraction of sp³-hybridized carbons (Fsp3) is 0.100. The third-order valence-corrected chi connectivity index (χ3v) is 3.89. The molecule has 6 heteroatoms. The molecule has 0 fully saturated rings. The summed E-state index contributed by atoms with van der Waals surface area (Å²) in [5.41, 5.74) is 1.70. The van der Waals surface area contributed by atoms with Gasteiger partial charge < -0.3 is 5.32 Å². The summed E-state index contributed by atoms with van der Waals surface area (Å²) in [5, 5.41) is 11.9. The van der Waals surface area contributed by atoms with Crippen LogP contribution in [0, 0.1) is 11.3 Å². The molecule has 2 aromatic heterocycles. The van der Waals surface area contributed by atoms with Gasteiger partial charge in [-0.05, 0) is 29.8 Å². The van der Waals surface area contributed by atoms with Crippen molar-refractivity contribution in [2.45, 2.75) is 13.1 Å². The van der Waals surface area contributed by atoms with Crippen molar-refractivity contribution >= 4 is 5.91 Å². The molecule has 1 N–H and O–H groups in total. The minimum absolute atomic E-state index is 0.00602. The maximum absolute atomic E-state index is 12.5. The van der Waals surface area contributed by atoms with Crippen molar-refractivity contribution in [2.24, 2.45) is 0 Å². The van der Waals surface area contributed by atoms with Crippen LogP contribution in [0.3, 0.4) is 0 Å². The molecular formula is C20H16N4O2. The molecule has 0 saturated heterocycles. The molecule has 0 bridgehead atoms. The molecule has 3 aromatic rings. The van der Waals surface area contributed by atoms with E-state index in [2.05, 4.69) is 10.3 Å². The van der Waals surface area contributed by atoms with Crippen molar-refractivity contribution in [3.8, 4) is 17.3 Å². The van der Waals surface area contributed by atoms with Crippen molar-refractivity contribution in [1.29, 1.82) is 5.26 Å². The first-order chi connectivity index (χ1) is 12.7. The Kier molecular flexibility index (Phi) is 5.20. The molecule has 0 atom stereocenters. The summed E-state index contributed by atoms with van der Waals surface area (Å²) in [4.78, 5) is 28.9. The Morgan fingerprint density at radius 3 is 2.62 bits per heavy atom. The van der Waals surface area contributed by atoms with E-state index in [0.717, 1.165) is 5.56 Å². The van der Waals surface area contributed by atoms with Crippen LogP contribution in [-0.2, 0) is 17.9 Å². The quantitative estimate of drug-likeness (QED) is 0.768. The number of nitrogens with one attached hydrogen (secondary N) is 1. The van der Waals surface area contributed by atoms with Crippen LogP contribution >= 0.6 is 0 Å². The molecule has 26 heavy (non-hydrogen) atoms. The predicted octanol–water partition coefficient (Wildman–Crippen LogP) is 2.10. The number of rotatable bonds is 5. The minimum atomic E-state index is -0.497. The van der Waals surface area contributed by atoms with Gasteiger partial charge in [-0.15, -0.1) is 0 Å². The Balaban J connectivity index is 1.87. The Labute approximate surface area is 150 Å². The zero-order valence-corrected chi connectivity index (χ0v) is 13.9. The van der Waals surface area contributed by atoms with Gasteiger partial charge in [-0.3, -0.25) is 19.1 Å². The summed E-state index contributed by atoms with van der Waals surface area (Å²) in [6, 6.07) is 18.0. The molecule has 0 saturated carbocycles. The van der Waals surface area contributed by atoms with Gasteiger partial charge in [0.2, 0.25) is 5.91 Å². The van der Waals surface area contributed by atoms with E-state index in [-0.39, 0.29) is 18.0 Å². The first kappa shape index (κ1) is 17.1. The third kappa shape index (κ3) is 3.84. The standard InChI is InChI=1S/C20H16N4O2/c21-11-16-8-9-18(17-7-4-10-22-13-17)24(20(16)26)14-19(25)23-12-15-5-2-1-3-6-15/h1-10,13H,12,14H2,(H,23,25). The lowest BCUT2D eigenvalue weighted by atomic mass is 10.1. The van der Waals surface area contributed by atoms with Crippen LogP contribution in [0.15, 0.2) is 71.8 Å². The predicted molar refractivity (Wildman–Crippen MR) is 96.9 cm³/mol. The maximum Gasteiger partial charge on any atom is 0.269 e. The lowest BCUT2D eigenvalue weighted by Crippen LogP contribution is -2.33. The molecule has 0 unspecified atom stereocenters. The number of aromatic nitrogens is 2. The van der Waals surface area contributed by atoms with E-state index in [1.165, 1.54) is 10.6 Å². The van der Waals surface area contributed by atoms with E-state index >= 15 is 0 Å².